The van der Waals surface area contributed by atoms with Crippen molar-refractivity contribution in [1.29, 1.82) is 0 Å². The average Bonchev–Trinajstić information content (AvgIpc) is 3.50. The lowest BCUT2D eigenvalue weighted by Gasteiger charge is -2.37. The van der Waals surface area contributed by atoms with Crippen LogP contribution in [0.4, 0.5) is 0 Å². The minimum absolute atomic E-state index is 0.237. The Morgan fingerprint density at radius 3 is 2.61 bits per heavy atom. The second kappa shape index (κ2) is 9.09. The standard InChI is InChI=1S/C25H21ClN4OS2/c1-15-6-3-4-7-18(15)14-30-16(2)21(24-28-23(29-31-24)20-8-5-13-33-20)22(27-25(30)32)17-9-11-19(26)12-10-17/h3-13,22H,14H2,1-2H3,(H,27,32). The Morgan fingerprint density at radius 2 is 1.88 bits per heavy atom. The maximum absolute atomic E-state index is 6.14. The van der Waals surface area contributed by atoms with Crippen molar-refractivity contribution >= 4 is 45.8 Å². The summed E-state index contributed by atoms with van der Waals surface area (Å²) in [6.45, 7) is 4.81. The van der Waals surface area contributed by atoms with Gasteiger partial charge in [0.1, 0.15) is 0 Å². The molecule has 0 radical (unpaired) electrons. The van der Waals surface area contributed by atoms with Crippen molar-refractivity contribution in [3.05, 3.63) is 99.3 Å². The molecule has 0 fully saturated rings. The van der Waals surface area contributed by atoms with E-state index in [-0.39, 0.29) is 6.04 Å². The summed E-state index contributed by atoms with van der Waals surface area (Å²) in [5.41, 5.74) is 5.31. The summed E-state index contributed by atoms with van der Waals surface area (Å²) >= 11 is 13.5. The predicted octanol–water partition coefficient (Wildman–Crippen LogP) is 6.62. The first-order valence-electron chi connectivity index (χ1n) is 10.5. The second-order valence-electron chi connectivity index (χ2n) is 7.85. The van der Waals surface area contributed by atoms with E-state index in [2.05, 4.69) is 41.4 Å². The van der Waals surface area contributed by atoms with Crippen molar-refractivity contribution < 1.29 is 4.52 Å². The van der Waals surface area contributed by atoms with Crippen LogP contribution in [-0.2, 0) is 6.54 Å². The third-order valence-corrected chi connectivity index (χ3v) is 7.24. The number of benzene rings is 2. The number of hydrogen-bond donors (Lipinski definition) is 1. The molecule has 1 atom stereocenters. The summed E-state index contributed by atoms with van der Waals surface area (Å²) in [5, 5.41) is 11.1. The van der Waals surface area contributed by atoms with Crippen LogP contribution >= 0.6 is 35.2 Å². The second-order valence-corrected chi connectivity index (χ2v) is 9.62. The van der Waals surface area contributed by atoms with E-state index in [4.69, 9.17) is 33.3 Å². The van der Waals surface area contributed by atoms with Gasteiger partial charge in [-0.1, -0.05) is 59.2 Å². The van der Waals surface area contributed by atoms with Crippen LogP contribution in [0, 0.1) is 6.92 Å². The summed E-state index contributed by atoms with van der Waals surface area (Å²) in [7, 11) is 0. The zero-order chi connectivity index (χ0) is 22.9. The van der Waals surface area contributed by atoms with Gasteiger partial charge in [0.2, 0.25) is 5.82 Å². The molecule has 0 spiro atoms. The number of thiocarbonyl (C=S) groups is 1. The first-order valence-corrected chi connectivity index (χ1v) is 12.1. The highest BCUT2D eigenvalue weighted by Crippen LogP contribution is 2.38. The lowest BCUT2D eigenvalue weighted by atomic mass is 9.94. The number of aryl methyl sites for hydroxylation is 1. The molecule has 0 amide bonds. The van der Waals surface area contributed by atoms with Crippen molar-refractivity contribution in [3.8, 4) is 10.7 Å². The van der Waals surface area contributed by atoms with Crippen LogP contribution in [0.3, 0.4) is 0 Å². The van der Waals surface area contributed by atoms with Crippen LogP contribution in [-0.4, -0.2) is 20.2 Å². The molecule has 4 aromatic rings. The molecule has 0 aliphatic carbocycles. The smallest absolute Gasteiger partial charge is 0.258 e. The number of halogens is 1. The molecule has 5 rings (SSSR count). The molecule has 1 unspecified atom stereocenters. The molecule has 166 valence electrons. The Kier molecular flexibility index (Phi) is 6.01. The fourth-order valence-electron chi connectivity index (χ4n) is 3.95. The SMILES string of the molecule is CC1=C(c2nc(-c3cccs3)no2)C(c2ccc(Cl)cc2)NC(=S)N1Cc1ccccc1C. The summed E-state index contributed by atoms with van der Waals surface area (Å²) in [6, 6.07) is 19.8. The summed E-state index contributed by atoms with van der Waals surface area (Å²) in [5.74, 6) is 1.05. The zero-order valence-electron chi connectivity index (χ0n) is 18.1. The maximum Gasteiger partial charge on any atom is 0.258 e. The molecule has 1 aliphatic heterocycles. The lowest BCUT2D eigenvalue weighted by Crippen LogP contribution is -2.45. The number of thiophene rings is 1. The first kappa shape index (κ1) is 21.8. The van der Waals surface area contributed by atoms with Crippen molar-refractivity contribution in [1.82, 2.24) is 20.4 Å². The number of hydrogen-bond acceptors (Lipinski definition) is 5. The van der Waals surface area contributed by atoms with Crippen molar-refractivity contribution in [3.63, 3.8) is 0 Å². The molecule has 3 heterocycles. The normalized spacial score (nSPS) is 16.3. The van der Waals surface area contributed by atoms with E-state index in [0.29, 0.717) is 28.4 Å². The van der Waals surface area contributed by atoms with Gasteiger partial charge in [0, 0.05) is 10.7 Å². The van der Waals surface area contributed by atoms with Gasteiger partial charge < -0.3 is 14.7 Å². The Morgan fingerprint density at radius 1 is 1.09 bits per heavy atom. The minimum atomic E-state index is -0.237. The number of allylic oxidation sites excluding steroid dienone is 1. The highest BCUT2D eigenvalue weighted by atomic mass is 35.5. The Hall–Kier alpha value is -3.00. The number of nitrogens with zero attached hydrogens (tertiary/aromatic N) is 3. The number of nitrogens with one attached hydrogen (secondary N) is 1. The monoisotopic (exact) mass is 492 g/mol. The Balaban J connectivity index is 1.61. The summed E-state index contributed by atoms with van der Waals surface area (Å²) < 4.78 is 5.78. The van der Waals surface area contributed by atoms with Crippen LogP contribution in [0.2, 0.25) is 5.02 Å². The van der Waals surface area contributed by atoms with Crippen LogP contribution in [0.15, 0.2) is 76.3 Å². The molecule has 0 saturated carbocycles. The fourth-order valence-corrected chi connectivity index (χ4v) is 5.05. The molecule has 2 aromatic heterocycles. The molecule has 8 heteroatoms. The predicted molar refractivity (Wildman–Crippen MR) is 137 cm³/mol. The van der Waals surface area contributed by atoms with Gasteiger partial charge in [0.05, 0.1) is 23.0 Å². The quantitative estimate of drug-likeness (QED) is 0.316. The third-order valence-electron chi connectivity index (χ3n) is 5.79. The molecular weight excluding hydrogens is 472 g/mol. The van der Waals surface area contributed by atoms with Crippen LogP contribution in [0.5, 0.6) is 0 Å². The van der Waals surface area contributed by atoms with Crippen molar-refractivity contribution in [2.45, 2.75) is 26.4 Å². The maximum atomic E-state index is 6.14. The molecule has 2 aromatic carbocycles. The summed E-state index contributed by atoms with van der Waals surface area (Å²) in [6.07, 6.45) is 0. The number of aromatic nitrogens is 2. The lowest BCUT2D eigenvalue weighted by molar-refractivity contribution is 0.396. The van der Waals surface area contributed by atoms with E-state index in [1.54, 1.807) is 11.3 Å². The van der Waals surface area contributed by atoms with Crippen LogP contribution in [0.1, 0.15) is 35.5 Å². The van der Waals surface area contributed by atoms with E-state index in [1.165, 1.54) is 11.1 Å². The van der Waals surface area contributed by atoms with Crippen LogP contribution < -0.4 is 5.32 Å². The molecular formula is C25H21ClN4OS2. The Labute approximate surface area is 206 Å². The van der Waals surface area contributed by atoms with Crippen molar-refractivity contribution in [2.24, 2.45) is 0 Å². The van der Waals surface area contributed by atoms with E-state index >= 15 is 0 Å². The van der Waals surface area contributed by atoms with E-state index in [0.717, 1.165) is 21.7 Å². The molecule has 0 bridgehead atoms. The van der Waals surface area contributed by atoms with E-state index in [9.17, 15) is 0 Å². The first-order chi connectivity index (χ1) is 16.0. The largest absolute Gasteiger partial charge is 0.351 e. The van der Waals surface area contributed by atoms with Gasteiger partial charge in [-0.2, -0.15) is 4.98 Å². The van der Waals surface area contributed by atoms with E-state index in [1.807, 2.05) is 53.9 Å². The minimum Gasteiger partial charge on any atom is -0.351 e. The highest BCUT2D eigenvalue weighted by Gasteiger charge is 2.34. The third kappa shape index (κ3) is 4.31. The fraction of sp³-hybridized carbons (Fsp3) is 0.160. The molecule has 1 N–H and O–H groups in total. The van der Waals surface area contributed by atoms with Gasteiger partial charge >= 0.3 is 0 Å². The van der Waals surface area contributed by atoms with Gasteiger partial charge in [-0.15, -0.1) is 11.3 Å². The van der Waals surface area contributed by atoms with Gasteiger partial charge in [0.25, 0.3) is 5.89 Å². The Bertz CT molecular complexity index is 1330. The highest BCUT2D eigenvalue weighted by molar-refractivity contribution is 7.80. The molecule has 33 heavy (non-hydrogen) atoms. The van der Waals surface area contributed by atoms with E-state index < -0.39 is 0 Å². The van der Waals surface area contributed by atoms with Gasteiger partial charge in [0.15, 0.2) is 5.11 Å². The average molecular weight is 493 g/mol. The molecule has 5 nitrogen and oxygen atoms in total. The summed E-state index contributed by atoms with van der Waals surface area (Å²) in [4.78, 5) is 7.80. The van der Waals surface area contributed by atoms with Gasteiger partial charge in [-0.25, -0.2) is 0 Å². The number of rotatable bonds is 5. The van der Waals surface area contributed by atoms with Gasteiger partial charge in [-0.3, -0.25) is 0 Å². The molecule has 1 aliphatic rings. The molecule has 0 saturated heterocycles. The topological polar surface area (TPSA) is 54.2 Å². The van der Waals surface area contributed by atoms with Crippen LogP contribution in [0.25, 0.3) is 16.3 Å². The van der Waals surface area contributed by atoms with Crippen molar-refractivity contribution in [2.75, 3.05) is 0 Å². The van der Waals surface area contributed by atoms with Gasteiger partial charge in [-0.05, 0) is 66.3 Å². The zero-order valence-corrected chi connectivity index (χ0v) is 20.5.